The van der Waals surface area contributed by atoms with Crippen LogP contribution in [0.4, 0.5) is 0 Å². The van der Waals surface area contributed by atoms with Crippen molar-refractivity contribution in [3.63, 3.8) is 0 Å². The molecule has 0 aliphatic carbocycles. The number of methoxy groups -OCH3 is 1. The molecule has 5 heteroatoms. The van der Waals surface area contributed by atoms with Crippen LogP contribution in [0.3, 0.4) is 0 Å². The highest BCUT2D eigenvalue weighted by Gasteiger charge is 2.29. The molecule has 1 aromatic carbocycles. The van der Waals surface area contributed by atoms with E-state index in [9.17, 15) is 5.11 Å². The Labute approximate surface area is 131 Å². The first-order valence-corrected chi connectivity index (χ1v) is 9.24. The standard InChI is InChI=1S/C14H19BrO2S2/c1-9-14(19-6-5-18-9)12(16)8-10-3-4-13(17-2)11(15)7-10/h3-4,7,9,12,14,16H,5-6,8H2,1-2H3. The maximum absolute atomic E-state index is 10.4. The summed E-state index contributed by atoms with van der Waals surface area (Å²) in [6.07, 6.45) is 0.415. The lowest BCUT2D eigenvalue weighted by Crippen LogP contribution is -2.36. The van der Waals surface area contributed by atoms with Crippen molar-refractivity contribution in [3.8, 4) is 5.75 Å². The Morgan fingerprint density at radius 2 is 2.16 bits per heavy atom. The molecule has 0 spiro atoms. The summed E-state index contributed by atoms with van der Waals surface area (Å²) in [6, 6.07) is 6.00. The topological polar surface area (TPSA) is 29.5 Å². The fourth-order valence-electron chi connectivity index (χ4n) is 2.27. The van der Waals surface area contributed by atoms with Gasteiger partial charge in [0.2, 0.25) is 0 Å². The van der Waals surface area contributed by atoms with Gasteiger partial charge in [0.15, 0.2) is 0 Å². The van der Waals surface area contributed by atoms with Crippen molar-refractivity contribution >= 4 is 39.5 Å². The lowest BCUT2D eigenvalue weighted by atomic mass is 10.0. The molecule has 1 aliphatic heterocycles. The highest BCUT2D eigenvalue weighted by atomic mass is 79.9. The molecule has 2 rings (SSSR count). The van der Waals surface area contributed by atoms with E-state index >= 15 is 0 Å². The predicted octanol–water partition coefficient (Wildman–Crippen LogP) is 3.60. The van der Waals surface area contributed by atoms with Crippen LogP contribution in [0.25, 0.3) is 0 Å². The van der Waals surface area contributed by atoms with Crippen molar-refractivity contribution in [2.45, 2.75) is 29.9 Å². The highest BCUT2D eigenvalue weighted by molar-refractivity contribution is 9.10. The molecule has 0 bridgehead atoms. The number of rotatable bonds is 4. The van der Waals surface area contributed by atoms with E-state index < -0.39 is 0 Å². The average molecular weight is 363 g/mol. The lowest BCUT2D eigenvalue weighted by Gasteiger charge is -2.31. The Hall–Kier alpha value is 0.160. The maximum Gasteiger partial charge on any atom is 0.133 e. The van der Waals surface area contributed by atoms with Crippen LogP contribution in [0, 0.1) is 0 Å². The fraction of sp³-hybridized carbons (Fsp3) is 0.571. The van der Waals surface area contributed by atoms with E-state index in [1.165, 1.54) is 5.75 Å². The van der Waals surface area contributed by atoms with Crippen LogP contribution < -0.4 is 4.74 Å². The molecule has 1 aromatic rings. The molecular weight excluding hydrogens is 344 g/mol. The van der Waals surface area contributed by atoms with Gasteiger partial charge in [-0.2, -0.15) is 23.5 Å². The van der Waals surface area contributed by atoms with Crippen LogP contribution in [0.2, 0.25) is 0 Å². The van der Waals surface area contributed by atoms with Gasteiger partial charge in [0, 0.05) is 22.0 Å². The smallest absolute Gasteiger partial charge is 0.133 e. The minimum absolute atomic E-state index is 0.284. The second-order valence-electron chi connectivity index (χ2n) is 4.65. The third kappa shape index (κ3) is 4.06. The third-order valence-electron chi connectivity index (χ3n) is 3.28. The van der Waals surface area contributed by atoms with E-state index in [2.05, 4.69) is 22.9 Å². The van der Waals surface area contributed by atoms with Gasteiger partial charge in [-0.3, -0.25) is 0 Å². The molecule has 1 heterocycles. The van der Waals surface area contributed by atoms with Crippen LogP contribution in [0.1, 0.15) is 12.5 Å². The van der Waals surface area contributed by atoms with Crippen LogP contribution >= 0.6 is 39.5 Å². The van der Waals surface area contributed by atoms with Gasteiger partial charge in [-0.25, -0.2) is 0 Å². The number of aliphatic hydroxyl groups excluding tert-OH is 1. The predicted molar refractivity (Wildman–Crippen MR) is 88.6 cm³/mol. The minimum atomic E-state index is -0.284. The van der Waals surface area contributed by atoms with Crippen molar-refractivity contribution in [1.29, 1.82) is 0 Å². The van der Waals surface area contributed by atoms with Crippen LogP contribution in [0.15, 0.2) is 22.7 Å². The second kappa shape index (κ2) is 7.25. The largest absolute Gasteiger partial charge is 0.496 e. The van der Waals surface area contributed by atoms with Crippen LogP contribution in [-0.2, 0) is 6.42 Å². The number of halogens is 1. The molecule has 0 amide bonds. The molecular formula is C14H19BrO2S2. The van der Waals surface area contributed by atoms with E-state index in [0.29, 0.717) is 16.9 Å². The lowest BCUT2D eigenvalue weighted by molar-refractivity contribution is 0.171. The molecule has 2 nitrogen and oxygen atoms in total. The first-order chi connectivity index (χ1) is 9.11. The van der Waals surface area contributed by atoms with E-state index in [4.69, 9.17) is 4.74 Å². The number of aliphatic hydroxyl groups is 1. The summed E-state index contributed by atoms with van der Waals surface area (Å²) in [7, 11) is 1.66. The Morgan fingerprint density at radius 1 is 1.42 bits per heavy atom. The first kappa shape index (κ1) is 15.5. The molecule has 19 heavy (non-hydrogen) atoms. The number of ether oxygens (including phenoxy) is 1. The van der Waals surface area contributed by atoms with Crippen molar-refractivity contribution < 1.29 is 9.84 Å². The molecule has 0 saturated carbocycles. The van der Waals surface area contributed by atoms with Gasteiger partial charge in [0.1, 0.15) is 5.75 Å². The molecule has 0 radical (unpaired) electrons. The number of hydrogen-bond donors (Lipinski definition) is 1. The Bertz CT molecular complexity index is 428. The second-order valence-corrected chi connectivity index (χ2v) is 8.28. The summed E-state index contributed by atoms with van der Waals surface area (Å²) >= 11 is 7.36. The molecule has 3 atom stereocenters. The summed E-state index contributed by atoms with van der Waals surface area (Å²) in [4.78, 5) is 0. The first-order valence-electron chi connectivity index (χ1n) is 6.35. The van der Waals surface area contributed by atoms with E-state index in [1.807, 2.05) is 41.7 Å². The van der Waals surface area contributed by atoms with E-state index in [-0.39, 0.29) is 6.10 Å². The summed E-state index contributed by atoms with van der Waals surface area (Å²) < 4.78 is 6.16. The van der Waals surface area contributed by atoms with Gasteiger partial charge >= 0.3 is 0 Å². The van der Waals surface area contributed by atoms with Gasteiger partial charge in [0.05, 0.1) is 17.7 Å². The quantitative estimate of drug-likeness (QED) is 0.885. The van der Waals surface area contributed by atoms with Crippen molar-refractivity contribution in [1.82, 2.24) is 0 Å². The molecule has 0 aromatic heterocycles. The maximum atomic E-state index is 10.4. The third-order valence-corrected chi connectivity index (χ3v) is 7.13. The van der Waals surface area contributed by atoms with Gasteiger partial charge < -0.3 is 9.84 Å². The number of hydrogen-bond acceptors (Lipinski definition) is 4. The minimum Gasteiger partial charge on any atom is -0.496 e. The van der Waals surface area contributed by atoms with Gasteiger partial charge in [-0.05, 0) is 40.0 Å². The average Bonchev–Trinajstić information content (AvgIpc) is 2.39. The number of benzene rings is 1. The van der Waals surface area contributed by atoms with Gasteiger partial charge in [-0.15, -0.1) is 0 Å². The van der Waals surface area contributed by atoms with Gasteiger partial charge in [0.25, 0.3) is 0 Å². The zero-order valence-electron chi connectivity index (χ0n) is 11.1. The summed E-state index contributed by atoms with van der Waals surface area (Å²) in [5, 5.41) is 11.3. The zero-order chi connectivity index (χ0) is 13.8. The summed E-state index contributed by atoms with van der Waals surface area (Å²) in [5.41, 5.74) is 1.14. The highest BCUT2D eigenvalue weighted by Crippen LogP contribution is 2.34. The summed E-state index contributed by atoms with van der Waals surface area (Å²) in [6.45, 7) is 2.22. The molecule has 1 aliphatic rings. The van der Waals surface area contributed by atoms with Crippen molar-refractivity contribution in [3.05, 3.63) is 28.2 Å². The summed E-state index contributed by atoms with van der Waals surface area (Å²) in [5.74, 6) is 3.17. The SMILES string of the molecule is COc1ccc(CC(O)C2SCCSC2C)cc1Br. The van der Waals surface area contributed by atoms with Crippen molar-refractivity contribution in [2.24, 2.45) is 0 Å². The Morgan fingerprint density at radius 3 is 2.79 bits per heavy atom. The van der Waals surface area contributed by atoms with Crippen molar-refractivity contribution in [2.75, 3.05) is 18.6 Å². The Balaban J connectivity index is 2.01. The molecule has 1 fully saturated rings. The monoisotopic (exact) mass is 362 g/mol. The van der Waals surface area contributed by atoms with Gasteiger partial charge in [-0.1, -0.05) is 13.0 Å². The van der Waals surface area contributed by atoms with E-state index in [1.54, 1.807) is 7.11 Å². The molecule has 1 N–H and O–H groups in total. The zero-order valence-corrected chi connectivity index (χ0v) is 14.4. The number of thioether (sulfide) groups is 2. The van der Waals surface area contributed by atoms with Crippen LogP contribution in [0.5, 0.6) is 5.75 Å². The Kier molecular flexibility index (Phi) is 5.93. The normalized spacial score (nSPS) is 25.1. The van der Waals surface area contributed by atoms with Crippen LogP contribution in [-0.4, -0.2) is 40.3 Å². The molecule has 1 saturated heterocycles. The molecule has 106 valence electrons. The molecule has 3 unspecified atom stereocenters. The fourth-order valence-corrected chi connectivity index (χ4v) is 5.70. The van der Waals surface area contributed by atoms with E-state index in [0.717, 1.165) is 21.5 Å².